The molecule has 3 rings (SSSR count). The van der Waals surface area contributed by atoms with Crippen molar-refractivity contribution >= 4 is 5.96 Å². The minimum atomic E-state index is 0.370. The Hall–Kier alpha value is -3.55. The molecule has 4 N–H and O–H groups in total. The Bertz CT molecular complexity index is 908. The molecule has 1 heterocycles. The highest BCUT2D eigenvalue weighted by Gasteiger charge is 2.05. The molecule has 2 aromatic carbocycles. The number of nitrogens with one attached hydrogen (secondary N) is 2. The molecule has 0 aliphatic carbocycles. The molecule has 3 aromatic rings. The number of guanidine groups is 1. The number of nitrogens with zero attached hydrogens (tertiary/aromatic N) is 3. The molecule has 0 fully saturated rings. The molecule has 8 nitrogen and oxygen atoms in total. The summed E-state index contributed by atoms with van der Waals surface area (Å²) in [5, 5.41) is 9.82. The molecule has 140 valence electrons. The molecule has 0 aliphatic heterocycles. The van der Waals surface area contributed by atoms with Crippen molar-refractivity contribution in [3.63, 3.8) is 0 Å². The van der Waals surface area contributed by atoms with Crippen LogP contribution in [0.2, 0.25) is 0 Å². The van der Waals surface area contributed by atoms with Gasteiger partial charge in [0, 0.05) is 12.1 Å². The maximum atomic E-state index is 5.98. The molecular formula is C19H22N6O2. The largest absolute Gasteiger partial charge is 0.493 e. The number of nitrogens with two attached hydrogens (primary N) is 1. The second-order valence-electron chi connectivity index (χ2n) is 5.78. The Morgan fingerprint density at radius 3 is 2.70 bits per heavy atom. The molecular weight excluding hydrogens is 344 g/mol. The van der Waals surface area contributed by atoms with Gasteiger partial charge in [0.25, 0.3) is 0 Å². The lowest BCUT2D eigenvalue weighted by Crippen LogP contribution is -2.31. The second kappa shape index (κ2) is 8.70. The summed E-state index contributed by atoms with van der Waals surface area (Å²) >= 11 is 0. The molecule has 0 amide bonds. The monoisotopic (exact) mass is 366 g/mol. The third-order valence-corrected chi connectivity index (χ3v) is 3.97. The number of aromatic nitrogens is 3. The van der Waals surface area contributed by atoms with Crippen LogP contribution in [0.1, 0.15) is 11.1 Å². The van der Waals surface area contributed by atoms with Crippen molar-refractivity contribution in [2.45, 2.75) is 13.1 Å². The highest BCUT2D eigenvalue weighted by molar-refractivity contribution is 5.77. The van der Waals surface area contributed by atoms with E-state index in [4.69, 9.17) is 15.2 Å². The van der Waals surface area contributed by atoms with Crippen molar-refractivity contribution in [3.05, 3.63) is 59.9 Å². The van der Waals surface area contributed by atoms with Crippen LogP contribution in [0, 0.1) is 0 Å². The lowest BCUT2D eigenvalue weighted by molar-refractivity contribution is 0.354. The number of benzene rings is 2. The van der Waals surface area contributed by atoms with Crippen LogP contribution < -0.4 is 20.5 Å². The van der Waals surface area contributed by atoms with E-state index in [1.54, 1.807) is 14.2 Å². The van der Waals surface area contributed by atoms with Gasteiger partial charge in [0.05, 0.1) is 20.8 Å². The van der Waals surface area contributed by atoms with E-state index >= 15 is 0 Å². The first-order valence-electron chi connectivity index (χ1n) is 8.39. The zero-order valence-corrected chi connectivity index (χ0v) is 15.3. The third-order valence-electron chi connectivity index (χ3n) is 3.97. The van der Waals surface area contributed by atoms with Gasteiger partial charge in [-0.2, -0.15) is 5.10 Å². The molecule has 0 saturated heterocycles. The predicted molar refractivity (Wildman–Crippen MR) is 104 cm³/mol. The summed E-state index contributed by atoms with van der Waals surface area (Å²) in [6.07, 6.45) is 1.48. The van der Waals surface area contributed by atoms with Gasteiger partial charge in [-0.1, -0.05) is 24.3 Å². The highest BCUT2D eigenvalue weighted by atomic mass is 16.5. The fourth-order valence-electron chi connectivity index (χ4n) is 2.58. The molecule has 0 bridgehead atoms. The Morgan fingerprint density at radius 2 is 1.96 bits per heavy atom. The summed E-state index contributed by atoms with van der Waals surface area (Å²) in [5.74, 6) is 2.46. The summed E-state index contributed by atoms with van der Waals surface area (Å²) in [6, 6.07) is 13.6. The average Bonchev–Trinajstić information content (AvgIpc) is 3.25. The van der Waals surface area contributed by atoms with Gasteiger partial charge >= 0.3 is 0 Å². The van der Waals surface area contributed by atoms with Gasteiger partial charge < -0.3 is 20.5 Å². The van der Waals surface area contributed by atoms with Crippen LogP contribution in [0.25, 0.3) is 11.4 Å². The SMILES string of the molecule is COc1ccc(CNC(N)=NCc2cccc(-c3ncn[nH]3)c2)cc1OC. The Balaban J connectivity index is 1.59. The summed E-state index contributed by atoms with van der Waals surface area (Å²) in [7, 11) is 3.22. The standard InChI is InChI=1S/C19H22N6O2/c1-26-16-7-6-14(9-17(16)27-2)11-22-19(20)21-10-13-4-3-5-15(8-13)18-23-12-24-25-18/h3-9,12H,10-11H2,1-2H3,(H3,20,21,22)(H,23,24,25). The van der Waals surface area contributed by atoms with E-state index in [-0.39, 0.29) is 0 Å². The van der Waals surface area contributed by atoms with E-state index in [0.29, 0.717) is 30.5 Å². The molecule has 0 atom stereocenters. The van der Waals surface area contributed by atoms with Gasteiger partial charge in [0.2, 0.25) is 0 Å². The first-order chi connectivity index (χ1) is 13.2. The number of ether oxygens (including phenoxy) is 2. The number of hydrogen-bond acceptors (Lipinski definition) is 5. The summed E-state index contributed by atoms with van der Waals surface area (Å²) in [5.41, 5.74) is 8.98. The second-order valence-corrected chi connectivity index (χ2v) is 5.78. The number of aromatic amines is 1. The molecule has 27 heavy (non-hydrogen) atoms. The van der Waals surface area contributed by atoms with Crippen molar-refractivity contribution in [3.8, 4) is 22.9 Å². The Kier molecular flexibility index (Phi) is 5.88. The number of methoxy groups -OCH3 is 2. The zero-order valence-electron chi connectivity index (χ0n) is 15.3. The van der Waals surface area contributed by atoms with Gasteiger partial charge in [0.1, 0.15) is 6.33 Å². The Morgan fingerprint density at radius 1 is 1.11 bits per heavy atom. The van der Waals surface area contributed by atoms with Crippen LogP contribution in [-0.2, 0) is 13.1 Å². The van der Waals surface area contributed by atoms with E-state index < -0.39 is 0 Å². The van der Waals surface area contributed by atoms with Crippen molar-refractivity contribution in [1.29, 1.82) is 0 Å². The first-order valence-corrected chi connectivity index (χ1v) is 8.39. The first kappa shape index (κ1) is 18.2. The molecule has 0 spiro atoms. The molecule has 0 unspecified atom stereocenters. The van der Waals surface area contributed by atoms with Crippen LogP contribution in [-0.4, -0.2) is 35.4 Å². The minimum absolute atomic E-state index is 0.370. The van der Waals surface area contributed by atoms with E-state index in [1.807, 2.05) is 42.5 Å². The predicted octanol–water partition coefficient (Wildman–Crippen LogP) is 2.09. The summed E-state index contributed by atoms with van der Waals surface area (Å²) in [6.45, 7) is 1.00. The molecule has 0 aliphatic rings. The zero-order chi connectivity index (χ0) is 19.1. The fraction of sp³-hybridized carbons (Fsp3) is 0.211. The van der Waals surface area contributed by atoms with Crippen LogP contribution in [0.3, 0.4) is 0 Å². The number of rotatable bonds is 7. The summed E-state index contributed by atoms with van der Waals surface area (Å²) < 4.78 is 10.5. The molecule has 1 aromatic heterocycles. The van der Waals surface area contributed by atoms with Gasteiger partial charge in [0.15, 0.2) is 23.3 Å². The van der Waals surface area contributed by atoms with Gasteiger partial charge in [-0.3, -0.25) is 5.10 Å². The van der Waals surface area contributed by atoms with Gasteiger partial charge in [-0.15, -0.1) is 0 Å². The normalized spacial score (nSPS) is 11.3. The van der Waals surface area contributed by atoms with Gasteiger partial charge in [-0.05, 0) is 29.3 Å². The summed E-state index contributed by atoms with van der Waals surface area (Å²) in [4.78, 5) is 8.54. The fourth-order valence-corrected chi connectivity index (χ4v) is 2.58. The van der Waals surface area contributed by atoms with Crippen molar-refractivity contribution in [2.75, 3.05) is 14.2 Å². The quantitative estimate of drug-likeness (QED) is 0.436. The van der Waals surface area contributed by atoms with Crippen molar-refractivity contribution < 1.29 is 9.47 Å². The van der Waals surface area contributed by atoms with E-state index in [9.17, 15) is 0 Å². The smallest absolute Gasteiger partial charge is 0.189 e. The minimum Gasteiger partial charge on any atom is -0.493 e. The van der Waals surface area contributed by atoms with E-state index in [2.05, 4.69) is 25.5 Å². The molecule has 0 radical (unpaired) electrons. The van der Waals surface area contributed by atoms with Crippen LogP contribution in [0.15, 0.2) is 53.8 Å². The van der Waals surface area contributed by atoms with E-state index in [0.717, 1.165) is 22.5 Å². The number of aliphatic imine (C=N–C) groups is 1. The van der Waals surface area contributed by atoms with E-state index in [1.165, 1.54) is 6.33 Å². The Labute approximate surface area is 157 Å². The topological polar surface area (TPSA) is 110 Å². The average molecular weight is 366 g/mol. The lowest BCUT2D eigenvalue weighted by atomic mass is 10.1. The number of hydrogen-bond donors (Lipinski definition) is 3. The lowest BCUT2D eigenvalue weighted by Gasteiger charge is -2.10. The number of H-pyrrole nitrogens is 1. The van der Waals surface area contributed by atoms with Gasteiger partial charge in [-0.25, -0.2) is 9.98 Å². The van der Waals surface area contributed by atoms with Crippen LogP contribution in [0.5, 0.6) is 11.5 Å². The maximum Gasteiger partial charge on any atom is 0.189 e. The van der Waals surface area contributed by atoms with Crippen LogP contribution >= 0.6 is 0 Å². The molecule has 8 heteroatoms. The van der Waals surface area contributed by atoms with Crippen molar-refractivity contribution in [2.24, 2.45) is 10.7 Å². The molecule has 0 saturated carbocycles. The van der Waals surface area contributed by atoms with Crippen molar-refractivity contribution in [1.82, 2.24) is 20.5 Å². The third kappa shape index (κ3) is 4.75. The van der Waals surface area contributed by atoms with Crippen LogP contribution in [0.4, 0.5) is 0 Å². The highest BCUT2D eigenvalue weighted by Crippen LogP contribution is 2.27. The maximum absolute atomic E-state index is 5.98.